The lowest BCUT2D eigenvalue weighted by molar-refractivity contribution is 0.1000. The van der Waals surface area contributed by atoms with E-state index in [4.69, 9.17) is 9.84 Å². The van der Waals surface area contributed by atoms with Crippen molar-refractivity contribution in [2.45, 2.75) is 24.2 Å². The Morgan fingerprint density at radius 1 is 0.947 bits per heavy atom. The van der Waals surface area contributed by atoms with Crippen LogP contribution in [0.3, 0.4) is 0 Å². The number of rotatable bonds is 3. The van der Waals surface area contributed by atoms with Crippen LogP contribution in [0.4, 0.5) is 0 Å². The molecule has 1 aliphatic rings. The first-order chi connectivity index (χ1) is 9.40. The molecular formula is C16H19O2S+. The minimum absolute atomic E-state index is 0.269. The molecule has 0 atom stereocenters. The number of aliphatic hydroxyl groups excluding tert-OH is 1. The molecule has 1 aliphatic heterocycles. The maximum Gasteiger partial charge on any atom is 0.186 e. The average Bonchev–Trinajstić information content (AvgIpc) is 2.49. The molecule has 0 bridgehead atoms. The third kappa shape index (κ3) is 2.58. The first-order valence-electron chi connectivity index (χ1n) is 6.83. The molecule has 0 aliphatic carbocycles. The van der Waals surface area contributed by atoms with Gasteiger partial charge in [-0.2, -0.15) is 0 Å². The number of benzene rings is 2. The molecule has 1 heterocycles. The van der Waals surface area contributed by atoms with Gasteiger partial charge in [0.15, 0.2) is 11.7 Å². The lowest BCUT2D eigenvalue weighted by Gasteiger charge is -2.16. The number of fused-ring (bicyclic) bond motifs is 1. The highest BCUT2D eigenvalue weighted by molar-refractivity contribution is 7.97. The smallest absolute Gasteiger partial charge is 0.186 e. The van der Waals surface area contributed by atoms with E-state index in [0.717, 1.165) is 11.1 Å². The first kappa shape index (κ1) is 12.8. The molecule has 0 radical (unpaired) electrons. The normalized spacial score (nSPS) is 16.7. The third-order valence-corrected chi connectivity index (χ3v) is 6.20. The Balaban J connectivity index is 2.07. The molecule has 0 spiro atoms. The molecule has 2 nitrogen and oxygen atoms in total. The van der Waals surface area contributed by atoms with Gasteiger partial charge in [0.05, 0.1) is 0 Å². The molecule has 3 rings (SSSR count). The van der Waals surface area contributed by atoms with Gasteiger partial charge >= 0.3 is 0 Å². The summed E-state index contributed by atoms with van der Waals surface area (Å²) in [5.74, 6) is 3.43. The summed E-state index contributed by atoms with van der Waals surface area (Å²) in [6.45, 7) is -0.269. The van der Waals surface area contributed by atoms with Crippen molar-refractivity contribution in [2.24, 2.45) is 0 Å². The Labute approximate surface area is 116 Å². The van der Waals surface area contributed by atoms with Crippen LogP contribution in [0, 0.1) is 0 Å². The molecule has 19 heavy (non-hydrogen) atoms. The van der Waals surface area contributed by atoms with Gasteiger partial charge in [-0.05, 0) is 37.5 Å². The molecule has 0 aromatic heterocycles. The fourth-order valence-corrected chi connectivity index (χ4v) is 5.24. The lowest BCUT2D eigenvalue weighted by Crippen LogP contribution is -2.18. The second kappa shape index (κ2) is 5.85. The highest BCUT2D eigenvalue weighted by atomic mass is 32.2. The van der Waals surface area contributed by atoms with Gasteiger partial charge in [0.25, 0.3) is 0 Å². The summed E-state index contributed by atoms with van der Waals surface area (Å²) in [6, 6.07) is 12.6. The van der Waals surface area contributed by atoms with Gasteiger partial charge in [-0.1, -0.05) is 18.2 Å². The van der Waals surface area contributed by atoms with Crippen LogP contribution in [0.2, 0.25) is 0 Å². The van der Waals surface area contributed by atoms with Crippen LogP contribution in [0.25, 0.3) is 10.8 Å². The standard InChI is InChI=1S/C16H19O2S/c17-12-18-15-8-9-16(19-10-4-1-5-11-19)14-7-3-2-6-13(14)15/h2-3,6-9,17H,1,4-5,10-12H2/q+1. The van der Waals surface area contributed by atoms with Crippen molar-refractivity contribution in [1.29, 1.82) is 0 Å². The highest BCUT2D eigenvalue weighted by Gasteiger charge is 2.27. The van der Waals surface area contributed by atoms with Crippen LogP contribution >= 0.6 is 0 Å². The Bertz CT molecular complexity index is 562. The maximum absolute atomic E-state index is 8.98. The van der Waals surface area contributed by atoms with Gasteiger partial charge < -0.3 is 9.84 Å². The van der Waals surface area contributed by atoms with Crippen LogP contribution in [0.5, 0.6) is 5.75 Å². The van der Waals surface area contributed by atoms with E-state index in [0.29, 0.717) is 10.9 Å². The predicted octanol–water partition coefficient (Wildman–Crippen LogP) is 3.33. The average molecular weight is 275 g/mol. The molecule has 1 N–H and O–H groups in total. The van der Waals surface area contributed by atoms with E-state index in [2.05, 4.69) is 24.3 Å². The van der Waals surface area contributed by atoms with Crippen LogP contribution in [0.15, 0.2) is 41.3 Å². The lowest BCUT2D eigenvalue weighted by atomic mass is 10.1. The van der Waals surface area contributed by atoms with Crippen molar-refractivity contribution in [1.82, 2.24) is 0 Å². The van der Waals surface area contributed by atoms with Crippen molar-refractivity contribution in [3.05, 3.63) is 36.4 Å². The summed E-state index contributed by atoms with van der Waals surface area (Å²) in [5.41, 5.74) is 0. The summed E-state index contributed by atoms with van der Waals surface area (Å²) in [4.78, 5) is 1.47. The molecule has 1 saturated heterocycles. The quantitative estimate of drug-likeness (QED) is 0.688. The SMILES string of the molecule is OCOc1ccc([S+]2CCCCC2)c2ccccc12. The molecular weight excluding hydrogens is 256 g/mol. The Hall–Kier alpha value is -1.19. The van der Waals surface area contributed by atoms with Gasteiger partial charge in [-0.25, -0.2) is 0 Å². The zero-order valence-electron chi connectivity index (χ0n) is 11.0. The predicted molar refractivity (Wildman–Crippen MR) is 80.9 cm³/mol. The van der Waals surface area contributed by atoms with E-state index in [-0.39, 0.29) is 6.79 Å². The van der Waals surface area contributed by atoms with E-state index in [1.54, 1.807) is 0 Å². The van der Waals surface area contributed by atoms with E-state index in [1.165, 1.54) is 41.0 Å². The zero-order chi connectivity index (χ0) is 13.1. The summed E-state index contributed by atoms with van der Waals surface area (Å²) in [7, 11) is 0.387. The van der Waals surface area contributed by atoms with Crippen molar-refractivity contribution in [3.8, 4) is 5.75 Å². The van der Waals surface area contributed by atoms with Crippen molar-refractivity contribution in [3.63, 3.8) is 0 Å². The van der Waals surface area contributed by atoms with Gasteiger partial charge in [0.2, 0.25) is 0 Å². The summed E-state index contributed by atoms with van der Waals surface area (Å²) in [5, 5.41) is 11.4. The minimum Gasteiger partial charge on any atom is -0.467 e. The van der Waals surface area contributed by atoms with Crippen LogP contribution in [0.1, 0.15) is 19.3 Å². The van der Waals surface area contributed by atoms with Gasteiger partial charge in [0, 0.05) is 21.7 Å². The van der Waals surface area contributed by atoms with Gasteiger partial charge in [-0.3, -0.25) is 0 Å². The van der Waals surface area contributed by atoms with Crippen molar-refractivity contribution in [2.75, 3.05) is 18.3 Å². The maximum atomic E-state index is 8.98. The van der Waals surface area contributed by atoms with Crippen LogP contribution in [-0.4, -0.2) is 23.4 Å². The van der Waals surface area contributed by atoms with Crippen molar-refractivity contribution < 1.29 is 9.84 Å². The van der Waals surface area contributed by atoms with Gasteiger partial charge in [0.1, 0.15) is 17.3 Å². The molecule has 0 saturated carbocycles. The molecule has 1 fully saturated rings. The molecule has 2 aromatic carbocycles. The van der Waals surface area contributed by atoms with E-state index < -0.39 is 0 Å². The summed E-state index contributed by atoms with van der Waals surface area (Å²) in [6.07, 6.45) is 4.09. The largest absolute Gasteiger partial charge is 0.467 e. The van der Waals surface area contributed by atoms with E-state index >= 15 is 0 Å². The van der Waals surface area contributed by atoms with Crippen LogP contribution in [-0.2, 0) is 10.9 Å². The van der Waals surface area contributed by atoms with Crippen LogP contribution < -0.4 is 4.74 Å². The zero-order valence-corrected chi connectivity index (χ0v) is 11.8. The number of aliphatic hydroxyl groups is 1. The molecule has 100 valence electrons. The topological polar surface area (TPSA) is 29.5 Å². The van der Waals surface area contributed by atoms with Gasteiger partial charge in [-0.15, -0.1) is 0 Å². The van der Waals surface area contributed by atoms with E-state index in [9.17, 15) is 0 Å². The second-order valence-electron chi connectivity index (χ2n) is 4.84. The fraction of sp³-hybridized carbons (Fsp3) is 0.375. The Morgan fingerprint density at radius 2 is 1.68 bits per heavy atom. The molecule has 3 heteroatoms. The Kier molecular flexibility index (Phi) is 3.95. The highest BCUT2D eigenvalue weighted by Crippen LogP contribution is 2.34. The monoisotopic (exact) mass is 275 g/mol. The number of hydrogen-bond donors (Lipinski definition) is 1. The van der Waals surface area contributed by atoms with E-state index in [1.807, 2.05) is 12.1 Å². The number of hydrogen-bond acceptors (Lipinski definition) is 2. The molecule has 0 amide bonds. The summed E-state index contributed by atoms with van der Waals surface area (Å²) >= 11 is 0. The minimum atomic E-state index is -0.269. The fourth-order valence-electron chi connectivity index (χ4n) is 2.74. The first-order valence-corrected chi connectivity index (χ1v) is 8.39. The van der Waals surface area contributed by atoms with Crippen molar-refractivity contribution >= 4 is 21.7 Å². The molecule has 2 aromatic rings. The summed E-state index contributed by atoms with van der Waals surface area (Å²) < 4.78 is 5.32. The molecule has 0 unspecified atom stereocenters. The Morgan fingerprint density at radius 3 is 2.42 bits per heavy atom. The second-order valence-corrected chi connectivity index (χ2v) is 7.08. The number of ether oxygens (including phenoxy) is 1. The third-order valence-electron chi connectivity index (χ3n) is 3.66.